The third kappa shape index (κ3) is 10.9. The van der Waals surface area contributed by atoms with E-state index in [0.717, 1.165) is 0 Å². The minimum Gasteiger partial charge on any atom is -0.465 e. The molecule has 0 radical (unpaired) electrons. The van der Waals surface area contributed by atoms with Gasteiger partial charge in [-0.3, -0.25) is 4.79 Å². The third-order valence-electron chi connectivity index (χ3n) is 0.499. The number of halogens is 2. The van der Waals surface area contributed by atoms with E-state index in [-0.39, 0.29) is 37.3 Å². The van der Waals surface area contributed by atoms with Gasteiger partial charge in [0.05, 0.1) is 6.61 Å². The molecule has 0 aliphatic rings. The van der Waals surface area contributed by atoms with E-state index in [1.54, 1.807) is 6.92 Å². The SMILES string of the molecule is CCOC(=O)CN=S.Cl.Cl. The van der Waals surface area contributed by atoms with Gasteiger partial charge in [-0.2, -0.15) is 0 Å². The second kappa shape index (κ2) is 11.8. The second-order valence-electron chi connectivity index (χ2n) is 1.09. The molecule has 0 saturated carbocycles. The highest BCUT2D eigenvalue weighted by atomic mass is 35.5. The summed E-state index contributed by atoms with van der Waals surface area (Å²) in [7, 11) is 0. The van der Waals surface area contributed by atoms with Crippen molar-refractivity contribution in [3.8, 4) is 0 Å². The number of hydrogen-bond donors (Lipinski definition) is 0. The van der Waals surface area contributed by atoms with Gasteiger partial charge in [0.2, 0.25) is 0 Å². The summed E-state index contributed by atoms with van der Waals surface area (Å²) in [5, 5.41) is 0. The van der Waals surface area contributed by atoms with Crippen LogP contribution in [0.25, 0.3) is 0 Å². The van der Waals surface area contributed by atoms with Gasteiger partial charge in [-0.25, -0.2) is 4.36 Å². The molecule has 10 heavy (non-hydrogen) atoms. The molecule has 0 atom stereocenters. The summed E-state index contributed by atoms with van der Waals surface area (Å²) in [4.78, 5) is 10.3. The maximum atomic E-state index is 10.3. The van der Waals surface area contributed by atoms with Crippen molar-refractivity contribution in [3.05, 3.63) is 0 Å². The van der Waals surface area contributed by atoms with Crippen LogP contribution in [0.5, 0.6) is 0 Å². The molecule has 0 unspecified atom stereocenters. The van der Waals surface area contributed by atoms with Gasteiger partial charge >= 0.3 is 5.97 Å². The minimum atomic E-state index is -0.359. The fraction of sp³-hybridized carbons (Fsp3) is 0.750. The Labute approximate surface area is 77.5 Å². The lowest BCUT2D eigenvalue weighted by Crippen LogP contribution is -2.06. The molecule has 0 spiro atoms. The molecule has 0 heterocycles. The van der Waals surface area contributed by atoms with Crippen LogP contribution in [-0.2, 0) is 22.0 Å². The maximum Gasteiger partial charge on any atom is 0.328 e. The first-order valence-corrected chi connectivity index (χ1v) is 2.62. The fourth-order valence-electron chi connectivity index (χ4n) is 0.259. The minimum absolute atomic E-state index is 0. The van der Waals surface area contributed by atoms with Crippen LogP contribution in [0.3, 0.4) is 0 Å². The van der Waals surface area contributed by atoms with Crippen molar-refractivity contribution < 1.29 is 9.53 Å². The highest BCUT2D eigenvalue weighted by molar-refractivity contribution is 7.47. The molecule has 0 amide bonds. The molecular formula is C4H9Cl2NO2S. The first-order valence-electron chi connectivity index (χ1n) is 2.26. The first-order chi connectivity index (χ1) is 3.81. The van der Waals surface area contributed by atoms with Crippen LogP contribution in [0.4, 0.5) is 0 Å². The van der Waals surface area contributed by atoms with Crippen molar-refractivity contribution in [2.45, 2.75) is 6.92 Å². The predicted octanol–water partition coefficient (Wildman–Crippen LogP) is 1.12. The number of nitrogens with zero attached hydrogens (tertiary/aromatic N) is 1. The summed E-state index contributed by atoms with van der Waals surface area (Å²) in [6.07, 6.45) is 0. The Morgan fingerprint density at radius 3 is 2.40 bits per heavy atom. The fourth-order valence-corrected chi connectivity index (χ4v) is 0.365. The number of rotatable bonds is 3. The topological polar surface area (TPSA) is 38.7 Å². The summed E-state index contributed by atoms with van der Waals surface area (Å²) >= 11 is 4.17. The molecule has 0 aliphatic carbocycles. The Morgan fingerprint density at radius 2 is 2.10 bits per heavy atom. The van der Waals surface area contributed by atoms with E-state index in [9.17, 15) is 4.79 Å². The number of carbonyl (C=O) groups is 1. The standard InChI is InChI=1S/C4H7NO2S.2ClH/c1-2-7-4(6)3-5-8;;/h2-3H2,1H3;2*1H. The molecule has 0 aromatic rings. The zero-order valence-electron chi connectivity index (χ0n) is 5.40. The average Bonchev–Trinajstić information content (AvgIpc) is 1.68. The van der Waals surface area contributed by atoms with E-state index < -0.39 is 0 Å². The van der Waals surface area contributed by atoms with Crippen LogP contribution in [0.2, 0.25) is 0 Å². The smallest absolute Gasteiger partial charge is 0.328 e. The van der Waals surface area contributed by atoms with Gasteiger partial charge < -0.3 is 4.74 Å². The highest BCUT2D eigenvalue weighted by Gasteiger charge is 1.95. The average molecular weight is 206 g/mol. The van der Waals surface area contributed by atoms with Gasteiger partial charge in [-0.05, 0) is 6.92 Å². The van der Waals surface area contributed by atoms with Gasteiger partial charge in [-0.15, -0.1) is 24.8 Å². The van der Waals surface area contributed by atoms with Crippen LogP contribution in [0.15, 0.2) is 4.36 Å². The molecule has 0 N–H and O–H groups in total. The summed E-state index contributed by atoms with van der Waals surface area (Å²) in [6, 6.07) is 0. The molecule has 0 aromatic carbocycles. The largest absolute Gasteiger partial charge is 0.465 e. The molecule has 0 rings (SSSR count). The Kier molecular flexibility index (Phi) is 19.6. The lowest BCUT2D eigenvalue weighted by Gasteiger charge is -1.93. The quantitative estimate of drug-likeness (QED) is 0.649. The summed E-state index contributed by atoms with van der Waals surface area (Å²) in [5.41, 5.74) is 0. The van der Waals surface area contributed by atoms with Crippen molar-refractivity contribution in [2.24, 2.45) is 4.36 Å². The van der Waals surface area contributed by atoms with E-state index in [1.165, 1.54) is 0 Å². The van der Waals surface area contributed by atoms with Crippen molar-refractivity contribution in [2.75, 3.05) is 13.2 Å². The van der Waals surface area contributed by atoms with E-state index in [0.29, 0.717) is 6.61 Å². The summed E-state index contributed by atoms with van der Waals surface area (Å²) in [5.74, 6) is -0.359. The summed E-state index contributed by atoms with van der Waals surface area (Å²) < 4.78 is 7.65. The van der Waals surface area contributed by atoms with Crippen LogP contribution in [0.1, 0.15) is 6.92 Å². The Balaban J connectivity index is -0.000000245. The van der Waals surface area contributed by atoms with E-state index in [1.807, 2.05) is 0 Å². The normalized spacial score (nSPS) is 6.50. The molecule has 3 nitrogen and oxygen atoms in total. The van der Waals surface area contributed by atoms with Gasteiger partial charge in [0.15, 0.2) is 0 Å². The number of hydrogen-bond acceptors (Lipinski definition) is 4. The zero-order valence-corrected chi connectivity index (χ0v) is 7.85. The van der Waals surface area contributed by atoms with E-state index >= 15 is 0 Å². The molecule has 0 saturated heterocycles. The molecule has 62 valence electrons. The highest BCUT2D eigenvalue weighted by Crippen LogP contribution is 1.76. The van der Waals surface area contributed by atoms with Crippen molar-refractivity contribution in [1.29, 1.82) is 0 Å². The van der Waals surface area contributed by atoms with E-state index in [4.69, 9.17) is 0 Å². The number of carbonyl (C=O) groups excluding carboxylic acids is 1. The molecule has 6 heteroatoms. The van der Waals surface area contributed by atoms with Crippen LogP contribution in [0, 0.1) is 0 Å². The first kappa shape index (κ1) is 16.6. The van der Waals surface area contributed by atoms with Gasteiger partial charge in [0.25, 0.3) is 0 Å². The lowest BCUT2D eigenvalue weighted by molar-refractivity contribution is -0.141. The lowest BCUT2D eigenvalue weighted by atomic mass is 10.7. The third-order valence-corrected chi connectivity index (χ3v) is 0.628. The Bertz CT molecular complexity index is 101. The number of ether oxygens (including phenoxy) is 1. The van der Waals surface area contributed by atoms with Crippen LogP contribution >= 0.6 is 24.8 Å². The molecule has 0 aromatic heterocycles. The Hall–Kier alpha value is 0.0700. The van der Waals surface area contributed by atoms with E-state index in [2.05, 4.69) is 21.5 Å². The Morgan fingerprint density at radius 1 is 1.60 bits per heavy atom. The van der Waals surface area contributed by atoms with Gasteiger partial charge in [0.1, 0.15) is 6.54 Å². The van der Waals surface area contributed by atoms with Gasteiger partial charge in [0, 0.05) is 12.4 Å². The van der Waals surface area contributed by atoms with Crippen molar-refractivity contribution in [3.63, 3.8) is 0 Å². The zero-order chi connectivity index (χ0) is 6.41. The second-order valence-corrected chi connectivity index (χ2v) is 1.35. The van der Waals surface area contributed by atoms with Gasteiger partial charge in [-0.1, -0.05) is 0 Å². The van der Waals surface area contributed by atoms with Crippen LogP contribution < -0.4 is 0 Å². The molecule has 0 fully saturated rings. The van der Waals surface area contributed by atoms with Crippen molar-refractivity contribution in [1.82, 2.24) is 0 Å². The number of esters is 1. The molecule has 0 aliphatic heterocycles. The molecular weight excluding hydrogens is 197 g/mol. The summed E-state index contributed by atoms with van der Waals surface area (Å²) in [6.45, 7) is 2.12. The predicted molar refractivity (Wildman–Crippen MR) is 45.8 cm³/mol. The molecule has 0 bridgehead atoms. The van der Waals surface area contributed by atoms with Crippen molar-refractivity contribution >= 4 is 43.2 Å². The van der Waals surface area contributed by atoms with Crippen LogP contribution in [-0.4, -0.2) is 19.1 Å². The monoisotopic (exact) mass is 205 g/mol. The maximum absolute atomic E-state index is 10.3.